The van der Waals surface area contributed by atoms with Crippen LogP contribution in [0.5, 0.6) is 11.5 Å². The molecule has 0 heterocycles. The lowest BCUT2D eigenvalue weighted by atomic mass is 10.2. The number of carbonyl (C=O) groups is 2. The summed E-state index contributed by atoms with van der Waals surface area (Å²) < 4.78 is 11.9. The molecule has 30 heavy (non-hydrogen) atoms. The molecule has 1 amide bonds. The summed E-state index contributed by atoms with van der Waals surface area (Å²) in [6, 6.07) is 20.7. The van der Waals surface area contributed by atoms with Gasteiger partial charge in [0.1, 0.15) is 0 Å². The van der Waals surface area contributed by atoms with Crippen molar-refractivity contribution >= 4 is 34.0 Å². The summed E-state index contributed by atoms with van der Waals surface area (Å²) in [5.74, 6) is -0.0877. The molecule has 0 radical (unpaired) electrons. The summed E-state index contributed by atoms with van der Waals surface area (Å²) in [5, 5.41) is 3.98. The smallest absolute Gasteiger partial charge is 0.343 e. The van der Waals surface area contributed by atoms with Gasteiger partial charge in [-0.15, -0.1) is 0 Å². The molecule has 0 aliphatic rings. The number of nitrogens with one attached hydrogen (secondary N) is 1. The van der Waals surface area contributed by atoms with E-state index in [1.54, 1.807) is 60.7 Å². The first-order chi connectivity index (χ1) is 14.6. The second-order valence-electron chi connectivity index (χ2n) is 6.10. The van der Waals surface area contributed by atoms with E-state index in [1.807, 2.05) is 19.1 Å². The SMILES string of the molecule is CCOc1cc(/C=N/NC(=O)c2cccc(Br)c2)ccc1OC(=O)c1ccccc1. The first kappa shape index (κ1) is 21.3. The number of carbonyl (C=O) groups excluding carboxylic acids is 2. The number of hydrogen-bond acceptors (Lipinski definition) is 5. The van der Waals surface area contributed by atoms with Gasteiger partial charge in [-0.1, -0.05) is 40.2 Å². The molecule has 0 aliphatic heterocycles. The van der Waals surface area contributed by atoms with E-state index in [9.17, 15) is 9.59 Å². The maximum absolute atomic E-state index is 12.3. The molecule has 0 saturated heterocycles. The maximum Gasteiger partial charge on any atom is 0.343 e. The van der Waals surface area contributed by atoms with E-state index in [2.05, 4.69) is 26.5 Å². The molecule has 3 aromatic rings. The van der Waals surface area contributed by atoms with Gasteiger partial charge < -0.3 is 9.47 Å². The highest BCUT2D eigenvalue weighted by molar-refractivity contribution is 9.10. The normalized spacial score (nSPS) is 10.6. The third kappa shape index (κ3) is 5.78. The maximum atomic E-state index is 12.3. The number of rotatable bonds is 7. The van der Waals surface area contributed by atoms with Crippen molar-refractivity contribution in [2.45, 2.75) is 6.92 Å². The van der Waals surface area contributed by atoms with Crippen LogP contribution >= 0.6 is 15.9 Å². The Morgan fingerprint density at radius 2 is 1.73 bits per heavy atom. The monoisotopic (exact) mass is 466 g/mol. The number of benzene rings is 3. The standard InChI is InChI=1S/C23H19BrN2O4/c1-2-29-21-13-16(15-25-26-22(27)18-9-6-10-19(24)14-18)11-12-20(21)30-23(28)17-7-4-3-5-8-17/h3-15H,2H2,1H3,(H,26,27)/b25-15+. The molecule has 6 nitrogen and oxygen atoms in total. The van der Waals surface area contributed by atoms with Crippen molar-refractivity contribution in [1.82, 2.24) is 5.43 Å². The summed E-state index contributed by atoms with van der Waals surface area (Å²) >= 11 is 3.33. The summed E-state index contributed by atoms with van der Waals surface area (Å²) in [7, 11) is 0. The number of ether oxygens (including phenoxy) is 2. The Kier molecular flexibility index (Phi) is 7.34. The van der Waals surface area contributed by atoms with E-state index in [0.717, 1.165) is 4.47 Å². The summed E-state index contributed by atoms with van der Waals surface area (Å²) in [6.45, 7) is 2.23. The van der Waals surface area contributed by atoms with Gasteiger partial charge in [-0.05, 0) is 61.0 Å². The van der Waals surface area contributed by atoms with Crippen LogP contribution < -0.4 is 14.9 Å². The van der Waals surface area contributed by atoms with Crippen molar-refractivity contribution in [2.24, 2.45) is 5.10 Å². The molecule has 7 heteroatoms. The molecule has 0 atom stereocenters. The quantitative estimate of drug-likeness (QED) is 0.234. The Bertz CT molecular complexity index is 1070. The van der Waals surface area contributed by atoms with E-state index >= 15 is 0 Å². The minimum Gasteiger partial charge on any atom is -0.490 e. The molecular formula is C23H19BrN2O4. The van der Waals surface area contributed by atoms with Gasteiger partial charge in [0.05, 0.1) is 18.4 Å². The summed E-state index contributed by atoms with van der Waals surface area (Å²) in [4.78, 5) is 24.4. The molecule has 0 fully saturated rings. The molecule has 0 bridgehead atoms. The highest BCUT2D eigenvalue weighted by Crippen LogP contribution is 2.29. The first-order valence-corrected chi connectivity index (χ1v) is 9.99. The topological polar surface area (TPSA) is 77.0 Å². The zero-order valence-corrected chi connectivity index (χ0v) is 17.8. The molecule has 0 saturated carbocycles. The van der Waals surface area contributed by atoms with Gasteiger partial charge in [-0.25, -0.2) is 10.2 Å². The molecule has 0 aliphatic carbocycles. The average Bonchev–Trinajstić information content (AvgIpc) is 2.76. The summed E-state index contributed by atoms with van der Waals surface area (Å²) in [6.07, 6.45) is 1.49. The van der Waals surface area contributed by atoms with Crippen LogP contribution in [-0.2, 0) is 0 Å². The lowest BCUT2D eigenvalue weighted by molar-refractivity contribution is 0.0728. The zero-order chi connectivity index (χ0) is 21.3. The van der Waals surface area contributed by atoms with E-state index in [4.69, 9.17) is 9.47 Å². The van der Waals surface area contributed by atoms with Crippen molar-refractivity contribution in [3.63, 3.8) is 0 Å². The number of nitrogens with zero attached hydrogens (tertiary/aromatic N) is 1. The molecule has 152 valence electrons. The fourth-order valence-electron chi connectivity index (χ4n) is 2.55. The molecule has 1 N–H and O–H groups in total. The van der Waals surface area contributed by atoms with E-state index in [1.165, 1.54) is 6.21 Å². The molecule has 3 rings (SSSR count). The van der Waals surface area contributed by atoms with Crippen LogP contribution in [0.1, 0.15) is 33.2 Å². The van der Waals surface area contributed by atoms with Gasteiger partial charge in [0.25, 0.3) is 5.91 Å². The second-order valence-corrected chi connectivity index (χ2v) is 7.02. The number of esters is 1. The largest absolute Gasteiger partial charge is 0.490 e. The Morgan fingerprint density at radius 1 is 0.967 bits per heavy atom. The lowest BCUT2D eigenvalue weighted by Gasteiger charge is -2.11. The zero-order valence-electron chi connectivity index (χ0n) is 16.2. The predicted octanol–water partition coefficient (Wildman–Crippen LogP) is 4.83. The highest BCUT2D eigenvalue weighted by Gasteiger charge is 2.13. The van der Waals surface area contributed by atoms with Gasteiger partial charge in [-0.2, -0.15) is 5.10 Å². The van der Waals surface area contributed by atoms with Gasteiger partial charge in [0, 0.05) is 10.0 Å². The Morgan fingerprint density at radius 3 is 2.47 bits per heavy atom. The van der Waals surface area contributed by atoms with Crippen LogP contribution in [0.4, 0.5) is 0 Å². The van der Waals surface area contributed by atoms with E-state index < -0.39 is 5.97 Å². The second kappa shape index (κ2) is 10.4. The number of hydrogen-bond donors (Lipinski definition) is 1. The van der Waals surface area contributed by atoms with Gasteiger partial charge >= 0.3 is 5.97 Å². The number of hydrazone groups is 1. The molecule has 0 aromatic heterocycles. The minimum absolute atomic E-state index is 0.307. The van der Waals surface area contributed by atoms with Crippen LogP contribution in [0, 0.1) is 0 Å². The Labute approximate surface area is 182 Å². The number of halogens is 1. The predicted molar refractivity (Wildman–Crippen MR) is 118 cm³/mol. The molecule has 0 spiro atoms. The average molecular weight is 467 g/mol. The van der Waals surface area contributed by atoms with Crippen LogP contribution in [0.3, 0.4) is 0 Å². The van der Waals surface area contributed by atoms with Crippen molar-refractivity contribution in [2.75, 3.05) is 6.61 Å². The van der Waals surface area contributed by atoms with Crippen molar-refractivity contribution in [1.29, 1.82) is 0 Å². The van der Waals surface area contributed by atoms with Gasteiger partial charge in [0.15, 0.2) is 11.5 Å². The van der Waals surface area contributed by atoms with E-state index in [0.29, 0.717) is 34.8 Å². The fraction of sp³-hybridized carbons (Fsp3) is 0.0870. The minimum atomic E-state index is -0.473. The van der Waals surface area contributed by atoms with Crippen molar-refractivity contribution in [3.05, 3.63) is 94.0 Å². The molecule has 3 aromatic carbocycles. The van der Waals surface area contributed by atoms with Crippen molar-refractivity contribution < 1.29 is 19.1 Å². The Balaban J connectivity index is 1.70. The molecule has 0 unspecified atom stereocenters. The number of amides is 1. The highest BCUT2D eigenvalue weighted by atomic mass is 79.9. The van der Waals surface area contributed by atoms with Crippen LogP contribution in [-0.4, -0.2) is 24.7 Å². The van der Waals surface area contributed by atoms with Crippen LogP contribution in [0.15, 0.2) is 82.4 Å². The summed E-state index contributed by atoms with van der Waals surface area (Å²) in [5.41, 5.74) is 4.08. The first-order valence-electron chi connectivity index (χ1n) is 9.20. The Hall–Kier alpha value is -3.45. The van der Waals surface area contributed by atoms with Crippen molar-refractivity contribution in [3.8, 4) is 11.5 Å². The van der Waals surface area contributed by atoms with Gasteiger partial charge in [0.2, 0.25) is 0 Å². The van der Waals surface area contributed by atoms with Gasteiger partial charge in [-0.3, -0.25) is 4.79 Å². The molecular weight excluding hydrogens is 448 g/mol. The van der Waals surface area contributed by atoms with Crippen LogP contribution in [0.2, 0.25) is 0 Å². The third-order valence-corrected chi connectivity index (χ3v) is 4.44. The lowest BCUT2D eigenvalue weighted by Crippen LogP contribution is -2.17. The fourth-order valence-corrected chi connectivity index (χ4v) is 2.95. The van der Waals surface area contributed by atoms with Crippen LogP contribution in [0.25, 0.3) is 0 Å². The third-order valence-electron chi connectivity index (χ3n) is 3.95. The van der Waals surface area contributed by atoms with E-state index in [-0.39, 0.29) is 5.91 Å².